The molecule has 0 rings (SSSR count). The highest BCUT2D eigenvalue weighted by molar-refractivity contribution is 5.91. The third kappa shape index (κ3) is 8.51. The molecule has 0 radical (unpaired) electrons. The molecule has 3 unspecified atom stereocenters. The van der Waals surface area contributed by atoms with Crippen LogP contribution in [0.25, 0.3) is 0 Å². The monoisotopic (exact) mass is 331 g/mol. The maximum absolute atomic E-state index is 12.1. The number of rotatable bonds is 10. The Kier molecular flexibility index (Phi) is 9.43. The van der Waals surface area contributed by atoms with Crippen molar-refractivity contribution >= 4 is 17.8 Å². The van der Waals surface area contributed by atoms with Gasteiger partial charge in [0.05, 0.1) is 18.6 Å². The maximum atomic E-state index is 12.1. The van der Waals surface area contributed by atoms with Crippen LogP contribution in [0.15, 0.2) is 0 Å². The van der Waals surface area contributed by atoms with Crippen LogP contribution in [0.3, 0.4) is 0 Å². The van der Waals surface area contributed by atoms with Gasteiger partial charge in [0.1, 0.15) is 6.04 Å². The van der Waals surface area contributed by atoms with E-state index in [0.29, 0.717) is 6.42 Å². The SMILES string of the molecule is CC(C)CC([NH3+])C(=O)NC(CO)C(=O)NC(CC(C)C)C(=O)[O-]. The first-order valence-corrected chi connectivity index (χ1v) is 7.83. The van der Waals surface area contributed by atoms with E-state index in [1.54, 1.807) is 0 Å². The van der Waals surface area contributed by atoms with Crippen LogP contribution >= 0.6 is 0 Å². The molecule has 134 valence electrons. The summed E-state index contributed by atoms with van der Waals surface area (Å²) >= 11 is 0. The zero-order valence-electron chi connectivity index (χ0n) is 14.3. The molecule has 8 heteroatoms. The van der Waals surface area contributed by atoms with Crippen LogP contribution in [0.4, 0.5) is 0 Å². The van der Waals surface area contributed by atoms with Crippen molar-refractivity contribution in [3.63, 3.8) is 0 Å². The number of carboxylic acids is 1. The smallest absolute Gasteiger partial charge is 0.278 e. The van der Waals surface area contributed by atoms with Gasteiger partial charge in [0.2, 0.25) is 5.91 Å². The molecule has 0 aliphatic carbocycles. The van der Waals surface area contributed by atoms with Crippen LogP contribution in [0.1, 0.15) is 40.5 Å². The molecule has 0 aromatic heterocycles. The molecule has 2 amide bonds. The highest BCUT2D eigenvalue weighted by atomic mass is 16.4. The number of aliphatic carboxylic acids is 1. The molecule has 0 aliphatic rings. The van der Waals surface area contributed by atoms with E-state index in [0.717, 1.165) is 0 Å². The predicted molar refractivity (Wildman–Crippen MR) is 81.5 cm³/mol. The van der Waals surface area contributed by atoms with Gasteiger partial charge >= 0.3 is 0 Å². The maximum Gasteiger partial charge on any atom is 0.278 e. The number of aliphatic hydroxyl groups is 1. The molecule has 0 bridgehead atoms. The summed E-state index contributed by atoms with van der Waals surface area (Å²) in [4.78, 5) is 35.1. The van der Waals surface area contributed by atoms with Gasteiger partial charge in [0, 0.05) is 6.42 Å². The predicted octanol–water partition coefficient (Wildman–Crippen LogP) is -2.60. The molecule has 0 fully saturated rings. The molecule has 0 spiro atoms. The fourth-order valence-corrected chi connectivity index (χ4v) is 2.12. The second-order valence-corrected chi connectivity index (χ2v) is 6.58. The summed E-state index contributed by atoms with van der Waals surface area (Å²) in [6, 6.07) is -2.93. The van der Waals surface area contributed by atoms with E-state index in [2.05, 4.69) is 16.4 Å². The lowest BCUT2D eigenvalue weighted by Gasteiger charge is -2.24. The lowest BCUT2D eigenvalue weighted by atomic mass is 10.0. The van der Waals surface area contributed by atoms with Crippen LogP contribution in [0.2, 0.25) is 0 Å². The van der Waals surface area contributed by atoms with Gasteiger partial charge in [-0.25, -0.2) is 0 Å². The third-order valence-corrected chi connectivity index (χ3v) is 3.25. The van der Waals surface area contributed by atoms with Gasteiger partial charge in [-0.2, -0.15) is 0 Å². The fraction of sp³-hybridized carbons (Fsp3) is 0.800. The first kappa shape index (κ1) is 21.3. The zero-order chi connectivity index (χ0) is 18.2. The summed E-state index contributed by atoms with van der Waals surface area (Å²) in [5, 5.41) is 25.0. The minimum atomic E-state index is -1.40. The summed E-state index contributed by atoms with van der Waals surface area (Å²) in [7, 11) is 0. The lowest BCUT2D eigenvalue weighted by Crippen LogP contribution is -2.69. The summed E-state index contributed by atoms with van der Waals surface area (Å²) in [6.07, 6.45) is 0.742. The van der Waals surface area contributed by atoms with E-state index in [4.69, 9.17) is 0 Å². The van der Waals surface area contributed by atoms with Gasteiger partial charge in [-0.3, -0.25) is 9.59 Å². The lowest BCUT2D eigenvalue weighted by molar-refractivity contribution is -0.406. The molecule has 0 saturated heterocycles. The second-order valence-electron chi connectivity index (χ2n) is 6.58. The van der Waals surface area contributed by atoms with Gasteiger partial charge in [0.25, 0.3) is 5.91 Å². The summed E-state index contributed by atoms with van der Waals surface area (Å²) in [5.41, 5.74) is 3.72. The Morgan fingerprint density at radius 3 is 1.83 bits per heavy atom. The average molecular weight is 331 g/mol. The number of carboxylic acid groups (broad SMARTS) is 1. The van der Waals surface area contributed by atoms with Crippen LogP contribution < -0.4 is 21.5 Å². The number of hydrogen-bond donors (Lipinski definition) is 4. The molecule has 23 heavy (non-hydrogen) atoms. The van der Waals surface area contributed by atoms with Gasteiger partial charge in [-0.05, 0) is 18.3 Å². The van der Waals surface area contributed by atoms with E-state index in [1.807, 2.05) is 27.7 Å². The van der Waals surface area contributed by atoms with E-state index in [1.165, 1.54) is 0 Å². The van der Waals surface area contributed by atoms with Crippen molar-refractivity contribution in [1.29, 1.82) is 0 Å². The topological polar surface area (TPSA) is 146 Å². The Labute approximate surface area is 136 Å². The highest BCUT2D eigenvalue weighted by Gasteiger charge is 2.27. The Balaban J connectivity index is 4.72. The third-order valence-electron chi connectivity index (χ3n) is 3.25. The molecule has 3 atom stereocenters. The molecule has 6 N–H and O–H groups in total. The molecule has 0 aromatic rings. The zero-order valence-corrected chi connectivity index (χ0v) is 14.3. The number of aliphatic hydroxyl groups excluding tert-OH is 1. The minimum Gasteiger partial charge on any atom is -0.548 e. The van der Waals surface area contributed by atoms with Crippen molar-refractivity contribution in [2.24, 2.45) is 11.8 Å². The highest BCUT2D eigenvalue weighted by Crippen LogP contribution is 2.05. The summed E-state index contributed by atoms with van der Waals surface area (Å²) in [5.74, 6) is -2.31. The fourth-order valence-electron chi connectivity index (χ4n) is 2.12. The molecule has 8 nitrogen and oxygen atoms in total. The van der Waals surface area contributed by atoms with E-state index < -0.39 is 42.5 Å². The molecule has 0 aliphatic heterocycles. The first-order chi connectivity index (χ1) is 10.6. The number of amides is 2. The van der Waals surface area contributed by atoms with Crippen molar-refractivity contribution in [2.75, 3.05) is 6.61 Å². The molecule has 0 heterocycles. The Morgan fingerprint density at radius 1 is 0.957 bits per heavy atom. The van der Waals surface area contributed by atoms with Crippen LogP contribution in [-0.2, 0) is 14.4 Å². The van der Waals surface area contributed by atoms with Gasteiger partial charge in [-0.15, -0.1) is 0 Å². The van der Waals surface area contributed by atoms with Crippen molar-refractivity contribution in [3.05, 3.63) is 0 Å². The van der Waals surface area contributed by atoms with Crippen molar-refractivity contribution < 1.29 is 30.3 Å². The number of carbonyl (C=O) groups excluding carboxylic acids is 3. The Morgan fingerprint density at radius 2 is 1.43 bits per heavy atom. The van der Waals surface area contributed by atoms with Crippen molar-refractivity contribution in [2.45, 2.75) is 58.7 Å². The molecular weight excluding hydrogens is 302 g/mol. The number of hydrogen-bond acceptors (Lipinski definition) is 5. The molecule has 0 saturated carbocycles. The number of quaternary nitrogens is 1. The normalized spacial score (nSPS) is 15.1. The second kappa shape index (κ2) is 10.2. The Hall–Kier alpha value is -1.67. The summed E-state index contributed by atoms with van der Waals surface area (Å²) in [6.45, 7) is 6.88. The van der Waals surface area contributed by atoms with Crippen molar-refractivity contribution in [1.82, 2.24) is 10.6 Å². The quantitative estimate of drug-likeness (QED) is 0.347. The van der Waals surface area contributed by atoms with Crippen LogP contribution in [0, 0.1) is 11.8 Å². The average Bonchev–Trinajstić information content (AvgIpc) is 2.41. The van der Waals surface area contributed by atoms with Crippen LogP contribution in [0.5, 0.6) is 0 Å². The van der Waals surface area contributed by atoms with E-state index in [9.17, 15) is 24.6 Å². The largest absolute Gasteiger partial charge is 0.548 e. The first-order valence-electron chi connectivity index (χ1n) is 7.83. The number of carbonyl (C=O) groups is 3. The Bertz CT molecular complexity index is 412. The number of nitrogens with one attached hydrogen (secondary N) is 2. The molecule has 0 aromatic carbocycles. The standard InChI is InChI=1S/C15H29N3O5/c1-8(2)5-10(16)13(20)18-12(7-19)14(21)17-11(15(22)23)6-9(3)4/h8-12,19H,5-7,16H2,1-4H3,(H,17,21)(H,18,20)(H,22,23). The summed E-state index contributed by atoms with van der Waals surface area (Å²) < 4.78 is 0. The van der Waals surface area contributed by atoms with Gasteiger partial charge in [-0.1, -0.05) is 27.7 Å². The van der Waals surface area contributed by atoms with Gasteiger partial charge < -0.3 is 31.4 Å². The van der Waals surface area contributed by atoms with Gasteiger partial charge in [0.15, 0.2) is 6.04 Å². The van der Waals surface area contributed by atoms with E-state index >= 15 is 0 Å². The van der Waals surface area contributed by atoms with Crippen LogP contribution in [-0.4, -0.2) is 47.6 Å². The van der Waals surface area contributed by atoms with E-state index in [-0.39, 0.29) is 18.3 Å². The molecular formula is C15H29N3O5. The van der Waals surface area contributed by atoms with Crippen molar-refractivity contribution in [3.8, 4) is 0 Å². The minimum absolute atomic E-state index is 0.0376.